The third kappa shape index (κ3) is 2.58. The van der Waals surface area contributed by atoms with Crippen molar-refractivity contribution in [1.29, 1.82) is 5.26 Å². The van der Waals surface area contributed by atoms with Gasteiger partial charge in [0.2, 0.25) is 0 Å². The number of hydrogen-bond acceptors (Lipinski definition) is 4. The molecule has 0 N–H and O–H groups in total. The summed E-state index contributed by atoms with van der Waals surface area (Å²) in [6.45, 7) is 0.386. The lowest BCUT2D eigenvalue weighted by molar-refractivity contribution is -0.209. The first-order valence-electron chi connectivity index (χ1n) is 8.57. The molecule has 0 saturated carbocycles. The van der Waals surface area contributed by atoms with E-state index >= 15 is 0 Å². The molecule has 1 amide bonds. The average Bonchev–Trinajstić information content (AvgIpc) is 2.95. The van der Waals surface area contributed by atoms with Gasteiger partial charge in [-0.15, -0.1) is 0 Å². The van der Waals surface area contributed by atoms with Crippen LogP contribution in [-0.2, 0) is 26.6 Å². The molecule has 1 aliphatic rings. The summed E-state index contributed by atoms with van der Waals surface area (Å²) in [4.78, 5) is 14.9. The molecule has 27 heavy (non-hydrogen) atoms. The second-order valence-corrected chi connectivity index (χ2v) is 6.44. The Morgan fingerprint density at radius 1 is 1.00 bits per heavy atom. The molecule has 1 aliphatic heterocycles. The molecule has 3 aromatic rings. The monoisotopic (exact) mass is 358 g/mol. The fourth-order valence-electron chi connectivity index (χ4n) is 3.66. The van der Waals surface area contributed by atoms with E-state index in [-0.39, 0.29) is 5.91 Å². The molecule has 0 fully saturated rings. The normalized spacial score (nSPS) is 15.0. The fourth-order valence-corrected chi connectivity index (χ4v) is 3.66. The molecule has 0 radical (unpaired) electrons. The van der Waals surface area contributed by atoms with Crippen molar-refractivity contribution in [2.45, 2.75) is 12.3 Å². The second-order valence-electron chi connectivity index (χ2n) is 6.44. The minimum atomic E-state index is -1.53. The highest BCUT2D eigenvalue weighted by molar-refractivity contribution is 6.06. The van der Waals surface area contributed by atoms with Crippen LogP contribution in [0, 0.1) is 11.3 Å². The molecule has 0 aromatic heterocycles. The molecule has 0 saturated heterocycles. The Bertz CT molecular complexity index is 1080. The first-order valence-corrected chi connectivity index (χ1v) is 8.57. The zero-order chi connectivity index (χ0) is 19.0. The van der Waals surface area contributed by atoms with Crippen molar-refractivity contribution in [2.24, 2.45) is 0 Å². The first-order chi connectivity index (χ1) is 13.1. The minimum absolute atomic E-state index is 0.300. The van der Waals surface area contributed by atoms with Gasteiger partial charge in [-0.3, -0.25) is 4.79 Å². The first kappa shape index (κ1) is 17.2. The van der Waals surface area contributed by atoms with E-state index in [2.05, 4.69) is 18.2 Å². The van der Waals surface area contributed by atoms with Crippen LogP contribution in [0.25, 0.3) is 10.8 Å². The Labute approximate surface area is 157 Å². The Morgan fingerprint density at radius 2 is 1.74 bits per heavy atom. The maximum absolute atomic E-state index is 13.2. The van der Waals surface area contributed by atoms with Gasteiger partial charge in [0.05, 0.1) is 23.9 Å². The number of nitriles is 1. The van der Waals surface area contributed by atoms with Gasteiger partial charge >= 0.3 is 0 Å². The Hall–Kier alpha value is -3.20. The Kier molecular flexibility index (Phi) is 4.15. The van der Waals surface area contributed by atoms with Crippen molar-refractivity contribution in [3.8, 4) is 6.07 Å². The molecule has 134 valence electrons. The van der Waals surface area contributed by atoms with E-state index in [0.717, 1.165) is 16.3 Å². The van der Waals surface area contributed by atoms with Crippen molar-refractivity contribution < 1.29 is 14.3 Å². The number of amides is 1. The maximum atomic E-state index is 13.2. The predicted octanol–water partition coefficient (Wildman–Crippen LogP) is 3.70. The van der Waals surface area contributed by atoms with Crippen LogP contribution < -0.4 is 4.90 Å². The number of anilines is 1. The van der Waals surface area contributed by atoms with Crippen LogP contribution in [-0.4, -0.2) is 20.1 Å². The maximum Gasteiger partial charge on any atom is 0.292 e. The van der Waals surface area contributed by atoms with Gasteiger partial charge in [0.15, 0.2) is 0 Å². The van der Waals surface area contributed by atoms with Gasteiger partial charge in [0, 0.05) is 19.8 Å². The van der Waals surface area contributed by atoms with Gasteiger partial charge in [0.25, 0.3) is 11.7 Å². The molecule has 0 unspecified atom stereocenters. The highest BCUT2D eigenvalue weighted by Crippen LogP contribution is 2.44. The predicted molar refractivity (Wildman–Crippen MR) is 102 cm³/mol. The van der Waals surface area contributed by atoms with Crippen molar-refractivity contribution in [2.75, 3.05) is 19.1 Å². The zero-order valence-corrected chi connectivity index (χ0v) is 15.1. The lowest BCUT2D eigenvalue weighted by Gasteiger charge is -2.25. The number of carbonyl (C=O) groups is 1. The Balaban J connectivity index is 1.79. The fraction of sp³-hybridized carbons (Fsp3) is 0.182. The Morgan fingerprint density at radius 3 is 2.44 bits per heavy atom. The number of ether oxygens (including phenoxy) is 2. The summed E-state index contributed by atoms with van der Waals surface area (Å²) in [6, 6.07) is 21.5. The van der Waals surface area contributed by atoms with Gasteiger partial charge in [0.1, 0.15) is 0 Å². The van der Waals surface area contributed by atoms with Crippen molar-refractivity contribution in [3.05, 3.63) is 77.4 Å². The smallest absolute Gasteiger partial charge is 0.292 e. The second kappa shape index (κ2) is 6.51. The van der Waals surface area contributed by atoms with Crippen LogP contribution in [0.1, 0.15) is 16.7 Å². The van der Waals surface area contributed by atoms with Crippen molar-refractivity contribution in [3.63, 3.8) is 0 Å². The summed E-state index contributed by atoms with van der Waals surface area (Å²) in [5, 5.41) is 11.5. The van der Waals surface area contributed by atoms with Gasteiger partial charge in [-0.2, -0.15) is 5.26 Å². The van der Waals surface area contributed by atoms with E-state index in [0.29, 0.717) is 23.4 Å². The van der Waals surface area contributed by atoms with Gasteiger partial charge < -0.3 is 14.4 Å². The molecular formula is C22H18N2O3. The molecule has 3 aromatic carbocycles. The van der Waals surface area contributed by atoms with Gasteiger partial charge in [-0.25, -0.2) is 0 Å². The number of methoxy groups -OCH3 is 2. The van der Waals surface area contributed by atoms with E-state index in [4.69, 9.17) is 9.47 Å². The number of rotatable bonds is 4. The largest absolute Gasteiger partial charge is 0.342 e. The molecule has 0 spiro atoms. The van der Waals surface area contributed by atoms with Crippen LogP contribution in [0.3, 0.4) is 0 Å². The van der Waals surface area contributed by atoms with Crippen LogP contribution in [0.5, 0.6) is 0 Å². The number of fused-ring (bicyclic) bond motifs is 2. The summed E-state index contributed by atoms with van der Waals surface area (Å²) in [5.41, 5.74) is 2.70. The molecule has 0 bridgehead atoms. The van der Waals surface area contributed by atoms with E-state index in [9.17, 15) is 10.1 Å². The minimum Gasteiger partial charge on any atom is -0.342 e. The summed E-state index contributed by atoms with van der Waals surface area (Å²) < 4.78 is 11.0. The number of nitrogens with zero attached hydrogens (tertiary/aromatic N) is 2. The van der Waals surface area contributed by atoms with Crippen LogP contribution >= 0.6 is 0 Å². The highest BCUT2D eigenvalue weighted by atomic mass is 16.7. The lowest BCUT2D eigenvalue weighted by Crippen LogP contribution is -2.43. The topological polar surface area (TPSA) is 62.6 Å². The highest BCUT2D eigenvalue weighted by Gasteiger charge is 2.52. The third-order valence-corrected chi connectivity index (χ3v) is 5.03. The van der Waals surface area contributed by atoms with Crippen LogP contribution in [0.4, 0.5) is 5.69 Å². The van der Waals surface area contributed by atoms with Crippen molar-refractivity contribution in [1.82, 2.24) is 0 Å². The SMILES string of the molecule is COC1(OC)C(=O)N(Cc2ccc3ccccc3c2)c2ccc(C#N)cc21. The molecule has 5 nitrogen and oxygen atoms in total. The standard InChI is InChI=1S/C22H18N2O3/c1-26-22(27-2)19-12-15(13-23)8-10-20(19)24(21(22)25)14-16-7-9-17-5-3-4-6-18(17)11-16/h3-12H,14H2,1-2H3. The summed E-state index contributed by atoms with van der Waals surface area (Å²) in [5.74, 6) is -1.83. The molecular weight excluding hydrogens is 340 g/mol. The lowest BCUT2D eigenvalue weighted by atomic mass is 10.0. The summed E-state index contributed by atoms with van der Waals surface area (Å²) in [6.07, 6.45) is 0. The number of hydrogen-bond donors (Lipinski definition) is 0. The molecule has 0 atom stereocenters. The van der Waals surface area contributed by atoms with Crippen LogP contribution in [0.2, 0.25) is 0 Å². The summed E-state index contributed by atoms with van der Waals surface area (Å²) >= 11 is 0. The molecule has 5 heteroatoms. The van der Waals surface area contributed by atoms with E-state index in [1.165, 1.54) is 14.2 Å². The number of benzene rings is 3. The third-order valence-electron chi connectivity index (χ3n) is 5.03. The van der Waals surface area contributed by atoms with E-state index < -0.39 is 5.79 Å². The van der Waals surface area contributed by atoms with E-state index in [1.54, 1.807) is 23.1 Å². The number of carbonyl (C=O) groups excluding carboxylic acids is 1. The quantitative estimate of drug-likeness (QED) is 0.667. The average molecular weight is 358 g/mol. The molecule has 4 rings (SSSR count). The molecule has 1 heterocycles. The van der Waals surface area contributed by atoms with Crippen molar-refractivity contribution >= 4 is 22.4 Å². The zero-order valence-electron chi connectivity index (χ0n) is 15.1. The molecule has 0 aliphatic carbocycles. The van der Waals surface area contributed by atoms with Gasteiger partial charge in [-0.05, 0) is 40.6 Å². The van der Waals surface area contributed by atoms with Gasteiger partial charge in [-0.1, -0.05) is 36.4 Å². The summed E-state index contributed by atoms with van der Waals surface area (Å²) in [7, 11) is 2.87. The van der Waals surface area contributed by atoms with E-state index in [1.807, 2.05) is 30.3 Å². The van der Waals surface area contributed by atoms with Crippen LogP contribution in [0.15, 0.2) is 60.7 Å².